The largest absolute Gasteiger partial charge is 0.352 e. The summed E-state index contributed by atoms with van der Waals surface area (Å²) in [6.07, 6.45) is 0.730. The average molecular weight is 409 g/mol. The summed E-state index contributed by atoms with van der Waals surface area (Å²) in [4.78, 5) is 12.8. The normalized spacial score (nSPS) is 11.1. The molecule has 0 atom stereocenters. The molecule has 6 heteroatoms. The molecule has 0 radical (unpaired) electrons. The molecule has 5 nitrogen and oxygen atoms in total. The molecule has 0 saturated heterocycles. The maximum absolute atomic E-state index is 12.9. The third-order valence-electron chi connectivity index (χ3n) is 4.75. The molecule has 0 fully saturated rings. The van der Waals surface area contributed by atoms with Crippen molar-refractivity contribution in [3.8, 4) is 0 Å². The van der Waals surface area contributed by atoms with Gasteiger partial charge in [0, 0.05) is 19.2 Å². The minimum atomic E-state index is -3.71. The maximum atomic E-state index is 12.9. The average Bonchev–Trinajstić information content (AvgIpc) is 2.75. The van der Waals surface area contributed by atoms with Crippen LogP contribution < -0.4 is 9.62 Å². The number of nitrogens with one attached hydrogen (secondary N) is 1. The van der Waals surface area contributed by atoms with Gasteiger partial charge in [0.15, 0.2) is 0 Å². The van der Waals surface area contributed by atoms with Gasteiger partial charge in [0.1, 0.15) is 0 Å². The van der Waals surface area contributed by atoms with Crippen LogP contribution in [0.15, 0.2) is 83.8 Å². The molecule has 0 unspecified atom stereocenters. The van der Waals surface area contributed by atoms with Gasteiger partial charge in [0.05, 0.1) is 10.6 Å². The first-order valence-corrected chi connectivity index (χ1v) is 10.8. The fourth-order valence-electron chi connectivity index (χ4n) is 3.04. The van der Waals surface area contributed by atoms with Crippen LogP contribution in [0, 0.1) is 6.92 Å². The summed E-state index contributed by atoms with van der Waals surface area (Å²) >= 11 is 0. The van der Waals surface area contributed by atoms with Crippen LogP contribution in [0.1, 0.15) is 21.5 Å². The highest BCUT2D eigenvalue weighted by Gasteiger charge is 2.23. The first kappa shape index (κ1) is 20.6. The molecule has 3 rings (SSSR count). The highest BCUT2D eigenvalue weighted by atomic mass is 32.2. The lowest BCUT2D eigenvalue weighted by Crippen LogP contribution is -2.29. The lowest BCUT2D eigenvalue weighted by molar-refractivity contribution is 0.0954. The zero-order chi connectivity index (χ0) is 20.9. The molecule has 3 aromatic rings. The van der Waals surface area contributed by atoms with E-state index in [1.807, 2.05) is 37.3 Å². The molecular formula is C23H24N2O3S. The summed E-state index contributed by atoms with van der Waals surface area (Å²) < 4.78 is 27.1. The van der Waals surface area contributed by atoms with Crippen LogP contribution in [-0.2, 0) is 16.4 Å². The second kappa shape index (κ2) is 8.92. The van der Waals surface area contributed by atoms with E-state index in [1.54, 1.807) is 48.5 Å². The lowest BCUT2D eigenvalue weighted by Gasteiger charge is -2.22. The summed E-state index contributed by atoms with van der Waals surface area (Å²) in [5, 5.41) is 2.90. The van der Waals surface area contributed by atoms with Crippen molar-refractivity contribution in [3.63, 3.8) is 0 Å². The highest BCUT2D eigenvalue weighted by Crippen LogP contribution is 2.26. The molecule has 0 bridgehead atoms. The molecule has 3 aromatic carbocycles. The Morgan fingerprint density at radius 1 is 0.931 bits per heavy atom. The Kier molecular flexibility index (Phi) is 6.34. The standard InChI is InChI=1S/C23H24N2O3S/c1-18-13-14-20(23(26)24-16-15-19-9-5-3-6-10-19)17-22(18)25(2)29(27,28)21-11-7-4-8-12-21/h3-14,17H,15-16H2,1-2H3,(H,24,26). The van der Waals surface area contributed by atoms with Gasteiger partial charge >= 0.3 is 0 Å². The summed E-state index contributed by atoms with van der Waals surface area (Å²) in [5.74, 6) is -0.229. The topological polar surface area (TPSA) is 66.5 Å². The van der Waals surface area contributed by atoms with Crippen LogP contribution in [0.5, 0.6) is 0 Å². The first-order valence-electron chi connectivity index (χ1n) is 9.36. The molecule has 0 aliphatic carbocycles. The number of nitrogens with zero attached hydrogens (tertiary/aromatic N) is 1. The zero-order valence-electron chi connectivity index (χ0n) is 16.5. The van der Waals surface area contributed by atoms with Crippen molar-refractivity contribution in [2.75, 3.05) is 17.9 Å². The Morgan fingerprint density at radius 3 is 2.21 bits per heavy atom. The van der Waals surface area contributed by atoms with E-state index in [0.717, 1.165) is 17.5 Å². The third-order valence-corrected chi connectivity index (χ3v) is 6.54. The van der Waals surface area contributed by atoms with Gasteiger partial charge in [-0.15, -0.1) is 0 Å². The minimum Gasteiger partial charge on any atom is -0.352 e. The molecule has 0 aromatic heterocycles. The molecule has 1 amide bonds. The predicted octanol–water partition coefficient (Wildman–Crippen LogP) is 3.79. The van der Waals surface area contributed by atoms with Gasteiger partial charge in [-0.3, -0.25) is 9.10 Å². The SMILES string of the molecule is Cc1ccc(C(=O)NCCc2ccccc2)cc1N(C)S(=O)(=O)c1ccccc1. The van der Waals surface area contributed by atoms with E-state index in [9.17, 15) is 13.2 Å². The van der Waals surface area contributed by atoms with Gasteiger partial charge in [-0.25, -0.2) is 8.42 Å². The number of hydrogen-bond donors (Lipinski definition) is 1. The van der Waals surface area contributed by atoms with E-state index in [4.69, 9.17) is 0 Å². The van der Waals surface area contributed by atoms with E-state index < -0.39 is 10.0 Å². The summed E-state index contributed by atoms with van der Waals surface area (Å²) in [5.41, 5.74) is 2.82. The molecule has 0 saturated carbocycles. The molecular weight excluding hydrogens is 384 g/mol. The van der Waals surface area contributed by atoms with E-state index >= 15 is 0 Å². The maximum Gasteiger partial charge on any atom is 0.264 e. The number of hydrogen-bond acceptors (Lipinski definition) is 3. The first-order chi connectivity index (χ1) is 13.9. The summed E-state index contributed by atoms with van der Waals surface area (Å²) in [7, 11) is -2.21. The molecule has 1 N–H and O–H groups in total. The molecule has 0 aliphatic heterocycles. The summed E-state index contributed by atoms with van der Waals surface area (Å²) in [6, 6.07) is 23.3. The van der Waals surface area contributed by atoms with Gasteiger partial charge < -0.3 is 5.32 Å². The van der Waals surface area contributed by atoms with Crippen molar-refractivity contribution in [1.82, 2.24) is 5.32 Å². The number of aryl methyl sites for hydroxylation is 1. The predicted molar refractivity (Wildman–Crippen MR) is 116 cm³/mol. The number of carbonyl (C=O) groups is 1. The van der Waals surface area contributed by atoms with E-state index in [2.05, 4.69) is 5.32 Å². The number of rotatable bonds is 7. The number of carbonyl (C=O) groups excluding carboxylic acids is 1. The second-order valence-electron chi connectivity index (χ2n) is 6.78. The van der Waals surface area contributed by atoms with Gasteiger partial charge in [-0.1, -0.05) is 54.6 Å². The van der Waals surface area contributed by atoms with Crippen LogP contribution in [0.2, 0.25) is 0 Å². The van der Waals surface area contributed by atoms with Crippen LogP contribution in [0.4, 0.5) is 5.69 Å². The van der Waals surface area contributed by atoms with Crippen LogP contribution in [0.3, 0.4) is 0 Å². The van der Waals surface area contributed by atoms with Crippen LogP contribution in [-0.4, -0.2) is 27.9 Å². The van der Waals surface area contributed by atoms with Gasteiger partial charge in [-0.2, -0.15) is 0 Å². The molecule has 0 heterocycles. The second-order valence-corrected chi connectivity index (χ2v) is 8.75. The Labute approximate surface area is 172 Å². The number of amides is 1. The minimum absolute atomic E-state index is 0.208. The van der Waals surface area contributed by atoms with Crippen molar-refractivity contribution in [2.45, 2.75) is 18.2 Å². The highest BCUT2D eigenvalue weighted by molar-refractivity contribution is 7.92. The van der Waals surface area contributed by atoms with Gasteiger partial charge in [0.2, 0.25) is 0 Å². The van der Waals surface area contributed by atoms with E-state index in [1.165, 1.54) is 11.4 Å². The fraction of sp³-hybridized carbons (Fsp3) is 0.174. The zero-order valence-corrected chi connectivity index (χ0v) is 17.3. The Bertz CT molecular complexity index is 1080. The van der Waals surface area contributed by atoms with Crippen molar-refractivity contribution in [2.24, 2.45) is 0 Å². The molecule has 0 spiro atoms. The third kappa shape index (κ3) is 4.84. The molecule has 0 aliphatic rings. The monoisotopic (exact) mass is 408 g/mol. The smallest absolute Gasteiger partial charge is 0.264 e. The summed E-state index contributed by atoms with van der Waals surface area (Å²) in [6.45, 7) is 2.33. The van der Waals surface area contributed by atoms with Crippen molar-refractivity contribution < 1.29 is 13.2 Å². The Hall–Kier alpha value is -3.12. The van der Waals surface area contributed by atoms with E-state index in [-0.39, 0.29) is 10.8 Å². The lowest BCUT2D eigenvalue weighted by atomic mass is 10.1. The van der Waals surface area contributed by atoms with Gasteiger partial charge in [0.25, 0.3) is 15.9 Å². The van der Waals surface area contributed by atoms with E-state index in [0.29, 0.717) is 17.8 Å². The number of anilines is 1. The van der Waals surface area contributed by atoms with Crippen molar-refractivity contribution in [1.29, 1.82) is 0 Å². The van der Waals surface area contributed by atoms with Crippen LogP contribution >= 0.6 is 0 Å². The quantitative estimate of drug-likeness (QED) is 0.647. The van der Waals surface area contributed by atoms with Gasteiger partial charge in [-0.05, 0) is 48.7 Å². The molecule has 29 heavy (non-hydrogen) atoms. The van der Waals surface area contributed by atoms with Crippen molar-refractivity contribution in [3.05, 3.63) is 95.6 Å². The number of sulfonamides is 1. The Morgan fingerprint density at radius 2 is 1.55 bits per heavy atom. The molecule has 150 valence electrons. The van der Waals surface area contributed by atoms with Crippen LogP contribution in [0.25, 0.3) is 0 Å². The Balaban J connectivity index is 1.76. The fourth-order valence-corrected chi connectivity index (χ4v) is 4.31. The number of benzene rings is 3. The van der Waals surface area contributed by atoms with Crippen molar-refractivity contribution >= 4 is 21.6 Å².